The van der Waals surface area contributed by atoms with Crippen molar-refractivity contribution in [3.8, 4) is 5.69 Å². The smallest absolute Gasteiger partial charge is 0.267 e. The predicted molar refractivity (Wildman–Crippen MR) is 137 cm³/mol. The van der Waals surface area contributed by atoms with Crippen LogP contribution in [-0.4, -0.2) is 37.9 Å². The Morgan fingerprint density at radius 2 is 1.80 bits per heavy atom. The number of amides is 1. The van der Waals surface area contributed by atoms with E-state index in [0.29, 0.717) is 16.5 Å². The normalized spacial score (nSPS) is 14.7. The van der Waals surface area contributed by atoms with Crippen molar-refractivity contribution in [1.82, 2.24) is 25.1 Å². The van der Waals surface area contributed by atoms with Gasteiger partial charge >= 0.3 is 0 Å². The third kappa shape index (κ3) is 3.80. The van der Waals surface area contributed by atoms with Crippen LogP contribution in [0.2, 0.25) is 5.02 Å². The van der Waals surface area contributed by atoms with Crippen LogP contribution in [0.4, 0.5) is 0 Å². The number of nitrogens with one attached hydrogen (secondary N) is 2. The van der Waals surface area contributed by atoms with E-state index in [1.54, 1.807) is 0 Å². The molecule has 0 fully saturated rings. The topological polar surface area (TPSA) is 88.0 Å². The summed E-state index contributed by atoms with van der Waals surface area (Å²) in [7, 11) is 0. The van der Waals surface area contributed by atoms with E-state index in [-0.39, 0.29) is 12.5 Å². The fourth-order valence-electron chi connectivity index (χ4n) is 4.50. The van der Waals surface area contributed by atoms with Gasteiger partial charge in [0.2, 0.25) is 0 Å². The molecule has 1 aliphatic rings. The number of fused-ring (bicyclic) bond motifs is 4. The lowest BCUT2D eigenvalue weighted by atomic mass is 10.0. The average molecular weight is 481 g/mol. The second-order valence-electron chi connectivity index (χ2n) is 8.44. The van der Waals surface area contributed by atoms with Gasteiger partial charge in [0.15, 0.2) is 5.82 Å². The number of rotatable bonds is 4. The molecule has 0 bridgehead atoms. The SMILES string of the molecule is Cc1nnc2n1-c1ccccc1C(c1ccc(Cl)cc1)=NC2CNC(=O)c1cc2ccccc2[nH]1. The molecular formula is C27H21ClN6O. The number of aromatic amines is 1. The molecule has 0 radical (unpaired) electrons. The Morgan fingerprint density at radius 3 is 2.63 bits per heavy atom. The van der Waals surface area contributed by atoms with Crippen LogP contribution in [0.15, 0.2) is 83.9 Å². The highest BCUT2D eigenvalue weighted by Gasteiger charge is 2.28. The summed E-state index contributed by atoms with van der Waals surface area (Å²) in [6.07, 6.45) is 0. The maximum Gasteiger partial charge on any atom is 0.267 e. The largest absolute Gasteiger partial charge is 0.351 e. The van der Waals surface area contributed by atoms with Crippen molar-refractivity contribution in [3.05, 3.63) is 112 Å². The van der Waals surface area contributed by atoms with Crippen LogP contribution in [0.25, 0.3) is 16.6 Å². The number of carbonyl (C=O) groups is 1. The van der Waals surface area contributed by atoms with E-state index in [0.717, 1.165) is 39.3 Å². The number of H-pyrrole nitrogens is 1. The van der Waals surface area contributed by atoms with Gasteiger partial charge in [0, 0.05) is 33.6 Å². The molecule has 5 aromatic rings. The van der Waals surface area contributed by atoms with Gasteiger partial charge in [-0.3, -0.25) is 14.4 Å². The maximum absolute atomic E-state index is 13.0. The van der Waals surface area contributed by atoms with Gasteiger partial charge in [-0.2, -0.15) is 0 Å². The Morgan fingerprint density at radius 1 is 1.03 bits per heavy atom. The molecule has 1 aliphatic heterocycles. The summed E-state index contributed by atoms with van der Waals surface area (Å²) >= 11 is 6.15. The van der Waals surface area contributed by atoms with Gasteiger partial charge in [0.1, 0.15) is 17.6 Å². The zero-order chi connectivity index (χ0) is 23.9. The summed E-state index contributed by atoms with van der Waals surface area (Å²) in [6, 6.07) is 24.9. The van der Waals surface area contributed by atoms with Crippen LogP contribution in [0.1, 0.15) is 39.3 Å². The van der Waals surface area contributed by atoms with Crippen molar-refractivity contribution >= 4 is 34.1 Å². The molecular weight excluding hydrogens is 460 g/mol. The quantitative estimate of drug-likeness (QED) is 0.378. The number of halogens is 1. The van der Waals surface area contributed by atoms with Gasteiger partial charge in [0.25, 0.3) is 5.91 Å². The summed E-state index contributed by atoms with van der Waals surface area (Å²) in [6.45, 7) is 2.18. The fraction of sp³-hybridized carbons (Fsp3) is 0.111. The molecule has 6 rings (SSSR count). The summed E-state index contributed by atoms with van der Waals surface area (Å²) in [5.74, 6) is 1.23. The Hall–Kier alpha value is -4.23. The van der Waals surface area contributed by atoms with Gasteiger partial charge in [-0.05, 0) is 37.3 Å². The number of aryl methyl sites for hydroxylation is 1. The van der Waals surface area contributed by atoms with Crippen molar-refractivity contribution in [2.24, 2.45) is 4.99 Å². The van der Waals surface area contributed by atoms with Gasteiger partial charge in [-0.1, -0.05) is 60.1 Å². The first-order chi connectivity index (χ1) is 17.1. The van der Waals surface area contributed by atoms with E-state index >= 15 is 0 Å². The standard InChI is InChI=1S/C27H21ClN6O/c1-16-32-33-26-23(15-29-27(35)22-14-18-6-2-4-8-21(18)30-22)31-25(17-10-12-19(28)13-11-17)20-7-3-5-9-24(20)34(16)26/h2-14,23,30H,15H2,1H3,(H,29,35). The van der Waals surface area contributed by atoms with Crippen LogP contribution < -0.4 is 5.32 Å². The third-order valence-electron chi connectivity index (χ3n) is 6.18. The van der Waals surface area contributed by atoms with Crippen molar-refractivity contribution in [2.75, 3.05) is 6.54 Å². The predicted octanol–water partition coefficient (Wildman–Crippen LogP) is 5.03. The molecule has 172 valence electrons. The first kappa shape index (κ1) is 21.3. The first-order valence-corrected chi connectivity index (χ1v) is 11.7. The minimum absolute atomic E-state index is 0.200. The minimum atomic E-state index is -0.442. The molecule has 35 heavy (non-hydrogen) atoms. The molecule has 3 heterocycles. The van der Waals surface area contributed by atoms with Gasteiger partial charge in [-0.25, -0.2) is 0 Å². The highest BCUT2D eigenvalue weighted by atomic mass is 35.5. The van der Waals surface area contributed by atoms with Crippen LogP contribution in [-0.2, 0) is 0 Å². The molecule has 8 heteroatoms. The Balaban J connectivity index is 1.40. The number of hydrogen-bond donors (Lipinski definition) is 2. The molecule has 7 nitrogen and oxygen atoms in total. The minimum Gasteiger partial charge on any atom is -0.351 e. The van der Waals surface area contributed by atoms with E-state index in [1.165, 1.54) is 0 Å². The summed E-state index contributed by atoms with van der Waals surface area (Å²) in [4.78, 5) is 21.3. The summed E-state index contributed by atoms with van der Waals surface area (Å²) in [5.41, 5.74) is 5.08. The second-order valence-corrected chi connectivity index (χ2v) is 8.88. The molecule has 0 spiro atoms. The van der Waals surface area contributed by atoms with Crippen LogP contribution in [0.3, 0.4) is 0 Å². The molecule has 3 aromatic carbocycles. The van der Waals surface area contributed by atoms with Gasteiger partial charge in [-0.15, -0.1) is 10.2 Å². The van der Waals surface area contributed by atoms with Crippen molar-refractivity contribution < 1.29 is 4.79 Å². The number of hydrogen-bond acceptors (Lipinski definition) is 4. The van der Waals surface area contributed by atoms with Crippen molar-refractivity contribution in [2.45, 2.75) is 13.0 Å². The second kappa shape index (κ2) is 8.52. The zero-order valence-electron chi connectivity index (χ0n) is 18.9. The molecule has 0 aliphatic carbocycles. The van der Waals surface area contributed by atoms with Crippen LogP contribution >= 0.6 is 11.6 Å². The number of aliphatic imine (C=N–C) groups is 1. The summed E-state index contributed by atoms with van der Waals surface area (Å²) < 4.78 is 2.02. The monoisotopic (exact) mass is 480 g/mol. The lowest BCUT2D eigenvalue weighted by Gasteiger charge is -2.13. The molecule has 1 unspecified atom stereocenters. The van der Waals surface area contributed by atoms with Crippen LogP contribution in [0.5, 0.6) is 0 Å². The van der Waals surface area contributed by atoms with E-state index in [9.17, 15) is 4.79 Å². The number of benzene rings is 3. The van der Waals surface area contributed by atoms with Crippen LogP contribution in [0, 0.1) is 6.92 Å². The van der Waals surface area contributed by atoms with E-state index < -0.39 is 6.04 Å². The average Bonchev–Trinajstić information content (AvgIpc) is 3.45. The maximum atomic E-state index is 13.0. The van der Waals surface area contributed by atoms with E-state index in [4.69, 9.17) is 16.6 Å². The molecule has 2 aromatic heterocycles. The number of para-hydroxylation sites is 2. The molecule has 0 saturated carbocycles. The van der Waals surface area contributed by atoms with E-state index in [1.807, 2.05) is 90.4 Å². The molecule has 2 N–H and O–H groups in total. The molecule has 1 amide bonds. The molecule has 1 atom stereocenters. The summed E-state index contributed by atoms with van der Waals surface area (Å²) in [5, 5.41) is 13.5. The highest BCUT2D eigenvalue weighted by Crippen LogP contribution is 2.31. The number of aromatic nitrogens is 4. The Kier molecular flexibility index (Phi) is 5.19. The third-order valence-corrected chi connectivity index (χ3v) is 6.43. The fourth-order valence-corrected chi connectivity index (χ4v) is 4.63. The lowest BCUT2D eigenvalue weighted by Crippen LogP contribution is -2.29. The van der Waals surface area contributed by atoms with Crippen molar-refractivity contribution in [3.63, 3.8) is 0 Å². The van der Waals surface area contributed by atoms with Crippen molar-refractivity contribution in [1.29, 1.82) is 0 Å². The van der Waals surface area contributed by atoms with Gasteiger partial charge in [0.05, 0.1) is 11.4 Å². The highest BCUT2D eigenvalue weighted by molar-refractivity contribution is 6.30. The molecule has 0 saturated heterocycles. The Labute approximate surface area is 206 Å². The zero-order valence-corrected chi connectivity index (χ0v) is 19.6. The van der Waals surface area contributed by atoms with E-state index in [2.05, 4.69) is 20.5 Å². The Bertz CT molecular complexity index is 1560. The number of carbonyl (C=O) groups excluding carboxylic acids is 1. The van der Waals surface area contributed by atoms with Gasteiger partial charge < -0.3 is 10.3 Å². The first-order valence-electron chi connectivity index (χ1n) is 11.3. The number of nitrogens with zero attached hydrogens (tertiary/aromatic N) is 4. The lowest BCUT2D eigenvalue weighted by molar-refractivity contribution is 0.0947.